The van der Waals surface area contributed by atoms with Crippen molar-refractivity contribution in [3.05, 3.63) is 69.6 Å². The zero-order valence-electron chi connectivity index (χ0n) is 17.0. The SMILES string of the molecule is CC1CN(C(=O)c2ncc(-c3ccc(Cl)cc3)c(-c3ccc(Cl)cc3Cl)n2)CC(C)O1. The number of hydrogen-bond acceptors (Lipinski definition) is 4. The Morgan fingerprint density at radius 2 is 1.61 bits per heavy atom. The fraction of sp³-hybridized carbons (Fsp3) is 0.261. The number of ether oxygens (including phenoxy) is 1. The number of nitrogens with zero attached hydrogens (tertiary/aromatic N) is 3. The minimum atomic E-state index is -0.240. The third-order valence-electron chi connectivity index (χ3n) is 5.03. The molecule has 1 fully saturated rings. The van der Waals surface area contributed by atoms with E-state index in [2.05, 4.69) is 9.97 Å². The quantitative estimate of drug-likeness (QED) is 0.464. The summed E-state index contributed by atoms with van der Waals surface area (Å²) in [6.45, 7) is 4.86. The molecule has 1 aliphatic rings. The summed E-state index contributed by atoms with van der Waals surface area (Å²) in [5.74, 6) is -0.129. The number of benzene rings is 2. The van der Waals surface area contributed by atoms with Crippen LogP contribution in [0, 0.1) is 0 Å². The summed E-state index contributed by atoms with van der Waals surface area (Å²) in [6, 6.07) is 12.5. The van der Waals surface area contributed by atoms with Gasteiger partial charge in [-0.1, -0.05) is 46.9 Å². The smallest absolute Gasteiger partial charge is 0.291 e. The lowest BCUT2D eigenvalue weighted by Crippen LogP contribution is -2.48. The Balaban J connectivity index is 1.81. The summed E-state index contributed by atoms with van der Waals surface area (Å²) >= 11 is 18.6. The molecule has 0 bridgehead atoms. The van der Waals surface area contributed by atoms with Gasteiger partial charge in [-0.05, 0) is 49.7 Å². The van der Waals surface area contributed by atoms with Gasteiger partial charge in [-0.25, -0.2) is 9.97 Å². The van der Waals surface area contributed by atoms with E-state index in [4.69, 9.17) is 39.5 Å². The van der Waals surface area contributed by atoms with Gasteiger partial charge in [-0.3, -0.25) is 4.79 Å². The molecule has 0 saturated carbocycles. The topological polar surface area (TPSA) is 55.3 Å². The second-order valence-electron chi connectivity index (χ2n) is 7.55. The number of hydrogen-bond donors (Lipinski definition) is 0. The lowest BCUT2D eigenvalue weighted by molar-refractivity contribution is -0.0588. The van der Waals surface area contributed by atoms with Crippen molar-refractivity contribution in [3.63, 3.8) is 0 Å². The zero-order valence-corrected chi connectivity index (χ0v) is 19.2. The van der Waals surface area contributed by atoms with Gasteiger partial charge in [0, 0.05) is 40.5 Å². The van der Waals surface area contributed by atoms with Gasteiger partial charge in [0.1, 0.15) is 0 Å². The van der Waals surface area contributed by atoms with Gasteiger partial charge in [-0.2, -0.15) is 0 Å². The van der Waals surface area contributed by atoms with E-state index in [0.29, 0.717) is 39.4 Å². The molecule has 2 heterocycles. The molecule has 1 aliphatic heterocycles. The molecule has 1 saturated heterocycles. The summed E-state index contributed by atoms with van der Waals surface area (Å²) in [7, 11) is 0. The van der Waals surface area contributed by atoms with Crippen molar-refractivity contribution in [1.29, 1.82) is 0 Å². The van der Waals surface area contributed by atoms with Crippen molar-refractivity contribution in [1.82, 2.24) is 14.9 Å². The van der Waals surface area contributed by atoms with Gasteiger partial charge in [0.2, 0.25) is 5.82 Å². The molecule has 4 rings (SSSR count). The van der Waals surface area contributed by atoms with Crippen LogP contribution in [0.4, 0.5) is 0 Å². The molecule has 2 aromatic carbocycles. The van der Waals surface area contributed by atoms with Crippen LogP contribution < -0.4 is 0 Å². The van der Waals surface area contributed by atoms with Crippen LogP contribution >= 0.6 is 34.8 Å². The Morgan fingerprint density at radius 3 is 2.26 bits per heavy atom. The van der Waals surface area contributed by atoms with E-state index >= 15 is 0 Å². The normalized spacial score (nSPS) is 18.8. The molecule has 8 heteroatoms. The van der Waals surface area contributed by atoms with Crippen molar-refractivity contribution < 1.29 is 9.53 Å². The molecule has 2 atom stereocenters. The van der Waals surface area contributed by atoms with Crippen LogP contribution in [-0.4, -0.2) is 46.1 Å². The number of carbonyl (C=O) groups excluding carboxylic acids is 1. The van der Waals surface area contributed by atoms with Gasteiger partial charge < -0.3 is 9.64 Å². The summed E-state index contributed by atoms with van der Waals surface area (Å²) < 4.78 is 5.73. The Bertz CT molecular complexity index is 1110. The number of carbonyl (C=O) groups is 1. The van der Waals surface area contributed by atoms with Crippen LogP contribution in [0.25, 0.3) is 22.4 Å². The minimum absolute atomic E-state index is 0.0498. The Morgan fingerprint density at radius 1 is 0.968 bits per heavy atom. The first kappa shape index (κ1) is 22.0. The van der Waals surface area contributed by atoms with E-state index in [-0.39, 0.29) is 23.9 Å². The fourth-order valence-corrected chi connectivity index (χ4v) is 4.32. The predicted molar refractivity (Wildman–Crippen MR) is 124 cm³/mol. The van der Waals surface area contributed by atoms with E-state index in [1.54, 1.807) is 41.4 Å². The van der Waals surface area contributed by atoms with Crippen LogP contribution in [0.2, 0.25) is 15.1 Å². The lowest BCUT2D eigenvalue weighted by atomic mass is 10.0. The largest absolute Gasteiger partial charge is 0.372 e. The highest BCUT2D eigenvalue weighted by Gasteiger charge is 2.29. The first-order valence-corrected chi connectivity index (χ1v) is 11.0. The Labute approximate surface area is 195 Å². The second-order valence-corrected chi connectivity index (χ2v) is 8.83. The van der Waals surface area contributed by atoms with Gasteiger partial charge in [0.15, 0.2) is 0 Å². The molecule has 0 aliphatic carbocycles. The highest BCUT2D eigenvalue weighted by atomic mass is 35.5. The Kier molecular flexibility index (Phi) is 6.49. The van der Waals surface area contributed by atoms with Crippen LogP contribution in [0.3, 0.4) is 0 Å². The summed E-state index contributed by atoms with van der Waals surface area (Å²) in [5.41, 5.74) is 2.81. The third kappa shape index (κ3) is 4.85. The monoisotopic (exact) mass is 475 g/mol. The molecular weight excluding hydrogens is 457 g/mol. The molecule has 5 nitrogen and oxygen atoms in total. The minimum Gasteiger partial charge on any atom is -0.372 e. The number of halogens is 3. The van der Waals surface area contributed by atoms with Crippen LogP contribution in [-0.2, 0) is 4.74 Å². The fourth-order valence-electron chi connectivity index (χ4n) is 3.70. The highest BCUT2D eigenvalue weighted by molar-refractivity contribution is 6.36. The molecule has 0 spiro atoms. The molecule has 1 aromatic heterocycles. The maximum Gasteiger partial charge on any atom is 0.291 e. The lowest BCUT2D eigenvalue weighted by Gasteiger charge is -2.34. The average Bonchev–Trinajstić information content (AvgIpc) is 2.73. The number of aromatic nitrogens is 2. The molecule has 160 valence electrons. The van der Waals surface area contributed by atoms with Crippen molar-refractivity contribution in [2.24, 2.45) is 0 Å². The molecular formula is C23H20Cl3N3O2. The second kappa shape index (κ2) is 9.13. The van der Waals surface area contributed by atoms with Crippen LogP contribution in [0.1, 0.15) is 24.5 Å². The van der Waals surface area contributed by atoms with E-state index in [1.807, 2.05) is 26.0 Å². The number of rotatable bonds is 3. The van der Waals surface area contributed by atoms with Crippen molar-refractivity contribution in [2.75, 3.05) is 13.1 Å². The van der Waals surface area contributed by atoms with Crippen LogP contribution in [0.5, 0.6) is 0 Å². The number of amides is 1. The summed E-state index contributed by atoms with van der Waals surface area (Å²) in [5, 5.41) is 1.58. The molecule has 1 amide bonds. The van der Waals surface area contributed by atoms with Crippen molar-refractivity contribution in [3.8, 4) is 22.4 Å². The third-order valence-corrected chi connectivity index (χ3v) is 5.83. The van der Waals surface area contributed by atoms with E-state index < -0.39 is 0 Å². The Hall–Kier alpha value is -2.18. The maximum absolute atomic E-state index is 13.2. The molecule has 2 unspecified atom stereocenters. The van der Waals surface area contributed by atoms with E-state index in [1.165, 1.54) is 0 Å². The summed E-state index contributed by atoms with van der Waals surface area (Å²) in [6.07, 6.45) is 1.55. The molecule has 3 aromatic rings. The first-order valence-electron chi connectivity index (χ1n) is 9.85. The standard InChI is InChI=1S/C23H20Cl3N3O2/c1-13-11-29(12-14(2)31-13)23(30)22-27-10-19(15-3-5-16(24)6-4-15)21(28-22)18-8-7-17(25)9-20(18)26/h3-10,13-14H,11-12H2,1-2H3. The maximum atomic E-state index is 13.2. The molecule has 31 heavy (non-hydrogen) atoms. The van der Waals surface area contributed by atoms with Gasteiger partial charge in [0.25, 0.3) is 5.91 Å². The molecule has 0 N–H and O–H groups in total. The van der Waals surface area contributed by atoms with Gasteiger partial charge >= 0.3 is 0 Å². The first-order chi connectivity index (χ1) is 14.8. The zero-order chi connectivity index (χ0) is 22.1. The van der Waals surface area contributed by atoms with E-state index in [0.717, 1.165) is 11.1 Å². The van der Waals surface area contributed by atoms with Crippen molar-refractivity contribution >= 4 is 40.7 Å². The molecule has 0 radical (unpaired) electrons. The highest BCUT2D eigenvalue weighted by Crippen LogP contribution is 2.36. The number of morpholine rings is 1. The predicted octanol–water partition coefficient (Wildman–Crippen LogP) is 6.02. The van der Waals surface area contributed by atoms with Gasteiger partial charge in [0.05, 0.1) is 22.9 Å². The van der Waals surface area contributed by atoms with Gasteiger partial charge in [-0.15, -0.1) is 0 Å². The van der Waals surface area contributed by atoms with Crippen LogP contribution in [0.15, 0.2) is 48.7 Å². The average molecular weight is 477 g/mol. The summed E-state index contributed by atoms with van der Waals surface area (Å²) in [4.78, 5) is 23.9. The van der Waals surface area contributed by atoms with Crippen molar-refractivity contribution in [2.45, 2.75) is 26.1 Å². The van der Waals surface area contributed by atoms with E-state index in [9.17, 15) is 4.79 Å².